The number of nitrogens with zero attached hydrogens (tertiary/aromatic N) is 2. The Balaban J connectivity index is 1.32. The summed E-state index contributed by atoms with van der Waals surface area (Å²) in [5, 5.41) is 2.59. The van der Waals surface area contributed by atoms with Crippen LogP contribution in [0.25, 0.3) is 6.08 Å². The normalized spacial score (nSPS) is 22.4. The lowest BCUT2D eigenvalue weighted by atomic mass is 10.0. The molecular formula is C22H27N3O5S. The van der Waals surface area contributed by atoms with Crippen LogP contribution >= 0.6 is 11.8 Å². The van der Waals surface area contributed by atoms with Crippen LogP contribution < -0.4 is 14.8 Å². The summed E-state index contributed by atoms with van der Waals surface area (Å²) in [7, 11) is 0. The molecule has 1 unspecified atom stereocenters. The van der Waals surface area contributed by atoms with Gasteiger partial charge in [-0.15, -0.1) is 0 Å². The Hall–Kier alpha value is -2.52. The quantitative estimate of drug-likeness (QED) is 0.646. The van der Waals surface area contributed by atoms with Crippen molar-refractivity contribution in [2.75, 3.05) is 33.0 Å². The van der Waals surface area contributed by atoms with E-state index >= 15 is 0 Å². The molecule has 1 N–H and O–H groups in total. The van der Waals surface area contributed by atoms with Gasteiger partial charge in [-0.1, -0.05) is 19.4 Å². The first kappa shape index (κ1) is 21.7. The zero-order valence-corrected chi connectivity index (χ0v) is 18.4. The minimum absolute atomic E-state index is 0.0176. The van der Waals surface area contributed by atoms with E-state index < -0.39 is 0 Å². The van der Waals surface area contributed by atoms with Crippen LogP contribution in [0, 0.1) is 0 Å². The fourth-order valence-corrected chi connectivity index (χ4v) is 4.96. The Morgan fingerprint density at radius 3 is 2.90 bits per heavy atom. The average molecular weight is 446 g/mol. The second-order valence-electron chi connectivity index (χ2n) is 7.78. The van der Waals surface area contributed by atoms with Crippen LogP contribution in [0.4, 0.5) is 4.79 Å². The molecule has 1 atom stereocenters. The summed E-state index contributed by atoms with van der Waals surface area (Å²) in [5.74, 6) is 0.926. The Kier molecular flexibility index (Phi) is 6.82. The number of piperidine rings is 1. The number of thioether (sulfide) groups is 1. The van der Waals surface area contributed by atoms with Crippen molar-refractivity contribution in [1.82, 2.24) is 15.1 Å². The number of imide groups is 1. The molecule has 2 fully saturated rings. The highest BCUT2D eigenvalue weighted by Gasteiger charge is 2.35. The second kappa shape index (κ2) is 9.74. The average Bonchev–Trinajstić information content (AvgIpc) is 3.33. The third-order valence-corrected chi connectivity index (χ3v) is 6.54. The maximum Gasteiger partial charge on any atom is 0.293 e. The van der Waals surface area contributed by atoms with Crippen molar-refractivity contribution < 1.29 is 23.9 Å². The third-order valence-electron chi connectivity index (χ3n) is 5.63. The van der Waals surface area contributed by atoms with Crippen molar-refractivity contribution >= 4 is 34.9 Å². The first-order valence-corrected chi connectivity index (χ1v) is 11.5. The van der Waals surface area contributed by atoms with E-state index in [-0.39, 0.29) is 43.0 Å². The number of ether oxygens (including phenoxy) is 2. The van der Waals surface area contributed by atoms with Crippen LogP contribution in [0.15, 0.2) is 23.1 Å². The third kappa shape index (κ3) is 4.88. The summed E-state index contributed by atoms with van der Waals surface area (Å²) in [4.78, 5) is 41.5. The number of rotatable bonds is 7. The lowest BCUT2D eigenvalue weighted by molar-refractivity contribution is -0.128. The number of hydrogen-bond acceptors (Lipinski definition) is 7. The molecular weight excluding hydrogens is 418 g/mol. The summed E-state index contributed by atoms with van der Waals surface area (Å²) < 4.78 is 10.6. The van der Waals surface area contributed by atoms with Gasteiger partial charge >= 0.3 is 0 Å². The van der Waals surface area contributed by atoms with Gasteiger partial charge in [-0.25, -0.2) is 0 Å². The molecule has 3 aliphatic heterocycles. The monoisotopic (exact) mass is 445 g/mol. The standard InChI is InChI=1S/C22H27N3O5S/c1-2-9-24-10-4-3-5-16(24)20(26)23-8-11-25-21(27)19(31-22(25)28)13-15-6-7-17-18(12-15)30-14-29-17/h6-7,12-13,16H,2-5,8-11,14H2,1H3,(H,23,26)/b19-13+. The molecule has 0 radical (unpaired) electrons. The van der Waals surface area contributed by atoms with Crippen molar-refractivity contribution in [3.63, 3.8) is 0 Å². The number of fused-ring (bicyclic) bond motifs is 1. The van der Waals surface area contributed by atoms with Gasteiger partial charge in [0, 0.05) is 13.1 Å². The number of hydrogen-bond donors (Lipinski definition) is 1. The first-order valence-electron chi connectivity index (χ1n) is 10.7. The van der Waals surface area contributed by atoms with Gasteiger partial charge in [0.2, 0.25) is 12.7 Å². The molecule has 31 heavy (non-hydrogen) atoms. The fourth-order valence-electron chi connectivity index (χ4n) is 4.10. The molecule has 1 aromatic carbocycles. The lowest BCUT2D eigenvalue weighted by Crippen LogP contribution is -2.50. The fraction of sp³-hybridized carbons (Fsp3) is 0.500. The van der Waals surface area contributed by atoms with Gasteiger partial charge in [-0.2, -0.15) is 0 Å². The minimum Gasteiger partial charge on any atom is -0.454 e. The van der Waals surface area contributed by atoms with Gasteiger partial charge in [0.15, 0.2) is 11.5 Å². The van der Waals surface area contributed by atoms with Crippen molar-refractivity contribution in [3.05, 3.63) is 28.7 Å². The number of amides is 3. The van der Waals surface area contributed by atoms with Crippen molar-refractivity contribution in [2.45, 2.75) is 38.6 Å². The molecule has 2 saturated heterocycles. The van der Waals surface area contributed by atoms with Gasteiger partial charge in [-0.3, -0.25) is 24.2 Å². The molecule has 3 heterocycles. The van der Waals surface area contributed by atoms with Gasteiger partial charge in [0.25, 0.3) is 11.1 Å². The molecule has 3 amide bonds. The molecule has 0 aromatic heterocycles. The zero-order chi connectivity index (χ0) is 21.8. The van der Waals surface area contributed by atoms with Crippen LogP contribution in [-0.4, -0.2) is 65.9 Å². The molecule has 0 saturated carbocycles. The summed E-state index contributed by atoms with van der Waals surface area (Å²) in [5.41, 5.74) is 0.761. The number of carbonyl (C=O) groups excluding carboxylic acids is 3. The maximum absolute atomic E-state index is 12.7. The largest absolute Gasteiger partial charge is 0.454 e. The maximum atomic E-state index is 12.7. The van der Waals surface area contributed by atoms with Gasteiger partial charge in [0.1, 0.15) is 0 Å². The Morgan fingerprint density at radius 1 is 1.23 bits per heavy atom. The zero-order valence-electron chi connectivity index (χ0n) is 17.6. The molecule has 0 bridgehead atoms. The van der Waals surface area contributed by atoms with E-state index in [9.17, 15) is 14.4 Å². The van der Waals surface area contributed by atoms with E-state index in [4.69, 9.17) is 9.47 Å². The summed E-state index contributed by atoms with van der Waals surface area (Å²) >= 11 is 0.909. The first-order chi connectivity index (χ1) is 15.1. The number of nitrogens with one attached hydrogen (secondary N) is 1. The smallest absolute Gasteiger partial charge is 0.293 e. The van der Waals surface area contributed by atoms with E-state index in [1.54, 1.807) is 18.2 Å². The number of benzene rings is 1. The van der Waals surface area contributed by atoms with Crippen molar-refractivity contribution in [2.24, 2.45) is 0 Å². The van der Waals surface area contributed by atoms with Crippen molar-refractivity contribution in [1.29, 1.82) is 0 Å². The summed E-state index contributed by atoms with van der Waals surface area (Å²) in [6, 6.07) is 5.26. The Labute approximate surface area is 185 Å². The van der Waals surface area contributed by atoms with Crippen LogP contribution in [0.2, 0.25) is 0 Å². The van der Waals surface area contributed by atoms with E-state index in [0.29, 0.717) is 16.4 Å². The van der Waals surface area contributed by atoms with Gasteiger partial charge < -0.3 is 14.8 Å². The molecule has 0 aliphatic carbocycles. The summed E-state index contributed by atoms with van der Waals surface area (Å²) in [6.45, 7) is 4.56. The van der Waals surface area contributed by atoms with E-state index in [1.165, 1.54) is 4.90 Å². The SMILES string of the molecule is CCCN1CCCCC1C(=O)NCCN1C(=O)S/C(=C/c2ccc3c(c2)OCO3)C1=O. The topological polar surface area (TPSA) is 88.2 Å². The summed E-state index contributed by atoms with van der Waals surface area (Å²) in [6.07, 6.45) is 5.71. The minimum atomic E-state index is -0.341. The number of likely N-dealkylation sites (tertiary alicyclic amines) is 1. The Morgan fingerprint density at radius 2 is 2.06 bits per heavy atom. The number of carbonyl (C=O) groups is 3. The van der Waals surface area contributed by atoms with Crippen LogP contribution in [0.1, 0.15) is 38.2 Å². The second-order valence-corrected chi connectivity index (χ2v) is 8.78. The van der Waals surface area contributed by atoms with Gasteiger partial charge in [0.05, 0.1) is 10.9 Å². The van der Waals surface area contributed by atoms with Crippen molar-refractivity contribution in [3.8, 4) is 11.5 Å². The highest BCUT2D eigenvalue weighted by Crippen LogP contribution is 2.36. The molecule has 166 valence electrons. The van der Waals surface area contributed by atoms with E-state index in [0.717, 1.165) is 56.1 Å². The van der Waals surface area contributed by atoms with E-state index in [1.807, 2.05) is 6.07 Å². The van der Waals surface area contributed by atoms with Gasteiger partial charge in [-0.05, 0) is 67.9 Å². The highest BCUT2D eigenvalue weighted by molar-refractivity contribution is 8.18. The predicted octanol–water partition coefficient (Wildman–Crippen LogP) is 2.83. The lowest BCUT2D eigenvalue weighted by Gasteiger charge is -2.34. The molecule has 9 heteroatoms. The predicted molar refractivity (Wildman–Crippen MR) is 118 cm³/mol. The Bertz CT molecular complexity index is 901. The molecule has 0 spiro atoms. The molecule has 8 nitrogen and oxygen atoms in total. The van der Waals surface area contributed by atoms with E-state index in [2.05, 4.69) is 17.1 Å². The molecule has 1 aromatic rings. The van der Waals surface area contributed by atoms with Crippen LogP contribution in [0.3, 0.4) is 0 Å². The highest BCUT2D eigenvalue weighted by atomic mass is 32.2. The van der Waals surface area contributed by atoms with Crippen LogP contribution in [0.5, 0.6) is 11.5 Å². The molecule has 4 rings (SSSR count). The molecule has 3 aliphatic rings. The van der Waals surface area contributed by atoms with Crippen LogP contribution in [-0.2, 0) is 9.59 Å².